The molecule has 33 heavy (non-hydrogen) atoms. The van der Waals surface area contributed by atoms with E-state index < -0.39 is 5.97 Å². The van der Waals surface area contributed by atoms with Crippen molar-refractivity contribution in [3.8, 4) is 5.69 Å². The summed E-state index contributed by atoms with van der Waals surface area (Å²) in [7, 11) is 0. The normalized spacial score (nSPS) is 16.2. The molecule has 0 aliphatic carbocycles. The Labute approximate surface area is 206 Å². The van der Waals surface area contributed by atoms with Gasteiger partial charge >= 0.3 is 5.97 Å². The minimum absolute atomic E-state index is 0.0872. The van der Waals surface area contributed by atoms with Crippen LogP contribution in [0.2, 0.25) is 10.0 Å². The van der Waals surface area contributed by atoms with Crippen LogP contribution in [0.1, 0.15) is 43.6 Å². The molecule has 0 radical (unpaired) electrons. The fourth-order valence-corrected chi connectivity index (χ4v) is 4.79. The number of thioether (sulfide) groups is 1. The van der Waals surface area contributed by atoms with Gasteiger partial charge in [0.2, 0.25) is 5.91 Å². The summed E-state index contributed by atoms with van der Waals surface area (Å²) in [6.45, 7) is 7.57. The van der Waals surface area contributed by atoms with E-state index in [-0.39, 0.29) is 35.3 Å². The van der Waals surface area contributed by atoms with Crippen LogP contribution in [0.25, 0.3) is 11.8 Å². The summed E-state index contributed by atoms with van der Waals surface area (Å²) >= 11 is 13.3. The molecule has 0 atom stereocenters. The molecule has 1 aromatic heterocycles. The summed E-state index contributed by atoms with van der Waals surface area (Å²) in [6.07, 6.45) is 2.65. The first-order valence-corrected chi connectivity index (χ1v) is 12.0. The molecule has 0 saturated carbocycles. The molecule has 1 N–H and O–H groups in total. The largest absolute Gasteiger partial charge is 0.506 e. The maximum Gasteiger partial charge on any atom is 0.344 e. The summed E-state index contributed by atoms with van der Waals surface area (Å²) in [5.74, 6) is -1.32. The second-order valence-corrected chi connectivity index (χ2v) is 9.22. The van der Waals surface area contributed by atoms with E-state index in [1.165, 1.54) is 0 Å². The number of aryl methyl sites for hydroxylation is 1. The highest BCUT2D eigenvalue weighted by Crippen LogP contribution is 2.40. The van der Waals surface area contributed by atoms with Gasteiger partial charge in [-0.1, -0.05) is 41.9 Å². The number of hydrogen-bond donors (Lipinski definition) is 1. The summed E-state index contributed by atoms with van der Waals surface area (Å²) in [4.78, 5) is 29.0. The topological polar surface area (TPSA) is 80.9 Å². The van der Waals surface area contributed by atoms with Crippen molar-refractivity contribution in [3.05, 3.63) is 67.5 Å². The van der Waals surface area contributed by atoms with E-state index in [9.17, 15) is 14.7 Å². The van der Waals surface area contributed by atoms with E-state index in [0.29, 0.717) is 21.4 Å². The number of rotatable bonds is 6. The van der Waals surface area contributed by atoms with Gasteiger partial charge in [-0.2, -0.15) is 0 Å². The third-order valence-electron chi connectivity index (χ3n) is 4.98. The molecule has 0 fully saturated rings. The molecule has 1 amide bonds. The molecule has 3 rings (SSSR count). The molecular weight excluding hydrogens is 483 g/mol. The zero-order valence-corrected chi connectivity index (χ0v) is 21.1. The first-order valence-electron chi connectivity index (χ1n) is 10.4. The lowest BCUT2D eigenvalue weighted by Crippen LogP contribution is -2.14. The maximum atomic E-state index is 12.5. The number of aliphatic hydroxyl groups excluding tert-OH is 1. The van der Waals surface area contributed by atoms with Gasteiger partial charge in [-0.3, -0.25) is 4.79 Å². The average molecular weight is 507 g/mol. The lowest BCUT2D eigenvalue weighted by atomic mass is 10.2. The van der Waals surface area contributed by atoms with Crippen LogP contribution < -0.4 is 0 Å². The van der Waals surface area contributed by atoms with Gasteiger partial charge in [0.25, 0.3) is 0 Å². The number of carbonyl (C=O) groups is 2. The first kappa shape index (κ1) is 25.1. The number of aromatic nitrogens is 1. The van der Waals surface area contributed by atoms with Crippen molar-refractivity contribution in [1.29, 1.82) is 0 Å². The fourth-order valence-electron chi connectivity index (χ4n) is 3.47. The Morgan fingerprint density at radius 3 is 2.55 bits per heavy atom. The van der Waals surface area contributed by atoms with Crippen molar-refractivity contribution < 1.29 is 19.4 Å². The molecule has 0 saturated heterocycles. The van der Waals surface area contributed by atoms with Crippen LogP contribution in [0.3, 0.4) is 0 Å². The second-order valence-electron chi connectivity index (χ2n) is 7.38. The van der Waals surface area contributed by atoms with Gasteiger partial charge < -0.3 is 14.4 Å². The highest BCUT2D eigenvalue weighted by atomic mass is 35.5. The number of aliphatic imine (C=N–C) groups is 1. The van der Waals surface area contributed by atoms with E-state index in [0.717, 1.165) is 34.4 Å². The fraction of sp³-hybridized carbons (Fsp3) is 0.292. The monoisotopic (exact) mass is 506 g/mol. The van der Waals surface area contributed by atoms with Gasteiger partial charge in [0, 0.05) is 23.5 Å². The van der Waals surface area contributed by atoms with Crippen molar-refractivity contribution >= 4 is 58.0 Å². The van der Waals surface area contributed by atoms with Crippen molar-refractivity contribution in [1.82, 2.24) is 4.57 Å². The van der Waals surface area contributed by atoms with Crippen molar-refractivity contribution in [2.24, 2.45) is 4.99 Å². The van der Waals surface area contributed by atoms with E-state index in [4.69, 9.17) is 27.9 Å². The van der Waals surface area contributed by atoms with Crippen molar-refractivity contribution in [2.75, 3.05) is 6.61 Å². The Morgan fingerprint density at radius 2 is 1.91 bits per heavy atom. The molecular formula is C24H24Cl2N2O4S. The van der Waals surface area contributed by atoms with Crippen LogP contribution in [0.5, 0.6) is 0 Å². The van der Waals surface area contributed by atoms with Crippen LogP contribution in [0, 0.1) is 13.8 Å². The highest BCUT2D eigenvalue weighted by molar-refractivity contribution is 8.18. The second kappa shape index (κ2) is 10.6. The standard InChI is InChI=1S/C24H24Cl2N2O4S/c1-5-7-20(29)27-23-21(24(31)32-6-2)22(30)19(33-23)11-15-10-13(3)28(14(15)4)16-8-9-17(25)18(26)12-16/h8-12,30H,5-7H2,1-4H3/b19-11-,27-23?. The van der Waals surface area contributed by atoms with Gasteiger partial charge in [-0.25, -0.2) is 9.79 Å². The highest BCUT2D eigenvalue weighted by Gasteiger charge is 2.34. The summed E-state index contributed by atoms with van der Waals surface area (Å²) in [6, 6.07) is 7.35. The van der Waals surface area contributed by atoms with E-state index in [1.807, 2.05) is 37.5 Å². The molecule has 0 unspecified atom stereocenters. The van der Waals surface area contributed by atoms with Crippen LogP contribution in [0.15, 0.2) is 45.5 Å². The Kier molecular flexibility index (Phi) is 8.10. The van der Waals surface area contributed by atoms with Gasteiger partial charge in [0.05, 0.1) is 21.6 Å². The number of nitrogens with zero attached hydrogens (tertiary/aromatic N) is 2. The number of halogens is 2. The molecule has 174 valence electrons. The Balaban J connectivity index is 2.06. The molecule has 0 spiro atoms. The SMILES string of the molecule is CCCC(=O)N=C1S/C(=C\c2cc(C)n(-c3ccc(Cl)c(Cl)c3)c2C)C(O)=C1C(=O)OCC. The summed E-state index contributed by atoms with van der Waals surface area (Å²) in [5, 5.41) is 11.9. The van der Waals surface area contributed by atoms with E-state index in [1.54, 1.807) is 25.1 Å². The molecule has 2 aromatic rings. The van der Waals surface area contributed by atoms with Gasteiger partial charge in [0.15, 0.2) is 0 Å². The van der Waals surface area contributed by atoms with Crippen LogP contribution in [-0.2, 0) is 14.3 Å². The number of aliphatic hydroxyl groups is 1. The Bertz CT molecular complexity index is 1210. The zero-order chi connectivity index (χ0) is 24.3. The molecule has 1 aromatic carbocycles. The van der Waals surface area contributed by atoms with E-state index in [2.05, 4.69) is 4.99 Å². The quantitative estimate of drug-likeness (QED) is 0.446. The number of esters is 1. The Hall–Kier alpha value is -2.48. The summed E-state index contributed by atoms with van der Waals surface area (Å²) < 4.78 is 7.09. The van der Waals surface area contributed by atoms with Gasteiger partial charge in [-0.15, -0.1) is 0 Å². The maximum absolute atomic E-state index is 12.5. The van der Waals surface area contributed by atoms with Gasteiger partial charge in [0.1, 0.15) is 16.4 Å². The smallest absolute Gasteiger partial charge is 0.344 e. The first-order chi connectivity index (χ1) is 15.7. The van der Waals surface area contributed by atoms with Crippen LogP contribution >= 0.6 is 35.0 Å². The zero-order valence-electron chi connectivity index (χ0n) is 18.7. The van der Waals surface area contributed by atoms with Gasteiger partial charge in [-0.05, 0) is 63.1 Å². The third-order valence-corrected chi connectivity index (χ3v) is 6.74. The lowest BCUT2D eigenvalue weighted by molar-refractivity contribution is -0.138. The summed E-state index contributed by atoms with van der Waals surface area (Å²) in [5.41, 5.74) is 3.44. The molecule has 1 aliphatic rings. The number of benzene rings is 1. The lowest BCUT2D eigenvalue weighted by Gasteiger charge is -2.10. The van der Waals surface area contributed by atoms with Crippen LogP contribution in [-0.4, -0.2) is 33.2 Å². The Morgan fingerprint density at radius 1 is 1.18 bits per heavy atom. The third kappa shape index (κ3) is 5.37. The van der Waals surface area contributed by atoms with E-state index >= 15 is 0 Å². The minimum atomic E-state index is -0.713. The molecule has 1 aliphatic heterocycles. The number of ether oxygens (including phenoxy) is 1. The predicted octanol–water partition coefficient (Wildman–Crippen LogP) is 6.59. The number of hydrogen-bond acceptors (Lipinski definition) is 5. The molecule has 2 heterocycles. The molecule has 9 heteroatoms. The van der Waals surface area contributed by atoms with Crippen molar-refractivity contribution in [3.63, 3.8) is 0 Å². The average Bonchev–Trinajstić information content (AvgIpc) is 3.20. The molecule has 0 bridgehead atoms. The molecule has 6 nitrogen and oxygen atoms in total. The van der Waals surface area contributed by atoms with Crippen molar-refractivity contribution in [2.45, 2.75) is 40.5 Å². The van der Waals surface area contributed by atoms with Crippen LogP contribution in [0.4, 0.5) is 0 Å². The predicted molar refractivity (Wildman–Crippen MR) is 134 cm³/mol. The number of carbonyl (C=O) groups excluding carboxylic acids is 2. The minimum Gasteiger partial charge on any atom is -0.506 e. The number of amides is 1.